The fourth-order valence-corrected chi connectivity index (χ4v) is 1.89. The van der Waals surface area contributed by atoms with Crippen LogP contribution in [0.15, 0.2) is 30.5 Å². The molecule has 0 spiro atoms. The first-order chi connectivity index (χ1) is 8.48. The van der Waals surface area contributed by atoms with E-state index in [0.717, 1.165) is 16.5 Å². The number of nitrogens with one attached hydrogen (secondary N) is 2. The molecule has 3 nitrogen and oxygen atoms in total. The van der Waals surface area contributed by atoms with Crippen molar-refractivity contribution in [1.82, 2.24) is 10.3 Å². The molecule has 0 aliphatic rings. The largest absolute Gasteiger partial charge is 0.377 e. The number of fused-ring (bicyclic) bond motifs is 1. The van der Waals surface area contributed by atoms with Gasteiger partial charge < -0.3 is 10.3 Å². The van der Waals surface area contributed by atoms with Crippen LogP contribution in [0.25, 0.3) is 10.9 Å². The number of alkyl halides is 3. The molecule has 0 aliphatic heterocycles. The SMILES string of the molecule is O=C(NCCc1c[nH]c2ccccc12)C(F)(F)Br. The Balaban J connectivity index is 1.97. The number of carbonyl (C=O) groups is 1. The van der Waals surface area contributed by atoms with E-state index < -0.39 is 10.7 Å². The van der Waals surface area contributed by atoms with Gasteiger partial charge in [0.25, 0.3) is 0 Å². The monoisotopic (exact) mass is 316 g/mol. The number of amides is 1. The average Bonchev–Trinajstić information content (AvgIpc) is 2.71. The zero-order valence-electron chi connectivity index (χ0n) is 9.34. The molecule has 0 radical (unpaired) electrons. The van der Waals surface area contributed by atoms with Crippen LogP contribution in [-0.2, 0) is 11.2 Å². The second-order valence-corrected chi connectivity index (χ2v) is 4.86. The summed E-state index contributed by atoms with van der Waals surface area (Å²) in [5.41, 5.74) is 1.98. The first kappa shape index (κ1) is 13.0. The maximum Gasteiger partial charge on any atom is 0.377 e. The minimum absolute atomic E-state index is 0.169. The number of hydrogen-bond acceptors (Lipinski definition) is 1. The molecular formula is C12H11BrF2N2O. The molecule has 18 heavy (non-hydrogen) atoms. The van der Waals surface area contributed by atoms with E-state index in [2.05, 4.69) is 10.3 Å². The lowest BCUT2D eigenvalue weighted by Crippen LogP contribution is -2.36. The summed E-state index contributed by atoms with van der Waals surface area (Å²) in [4.78, 5) is 10.5. The molecule has 1 aromatic carbocycles. The summed E-state index contributed by atoms with van der Waals surface area (Å²) in [6.45, 7) is 0.169. The smallest absolute Gasteiger partial charge is 0.361 e. The molecule has 0 unspecified atom stereocenters. The molecule has 0 atom stereocenters. The third-order valence-electron chi connectivity index (χ3n) is 2.61. The van der Waals surface area contributed by atoms with Gasteiger partial charge in [-0.05, 0) is 18.1 Å². The Bertz CT molecular complexity index is 562. The quantitative estimate of drug-likeness (QED) is 0.837. The highest BCUT2D eigenvalue weighted by Gasteiger charge is 2.34. The summed E-state index contributed by atoms with van der Waals surface area (Å²) in [5, 5.41) is 3.22. The molecular weight excluding hydrogens is 306 g/mol. The minimum Gasteiger partial charge on any atom is -0.361 e. The summed E-state index contributed by atoms with van der Waals surface area (Å²) >= 11 is 2.01. The molecule has 2 rings (SSSR count). The van der Waals surface area contributed by atoms with Crippen LogP contribution in [0.3, 0.4) is 0 Å². The van der Waals surface area contributed by atoms with E-state index in [1.165, 1.54) is 0 Å². The molecule has 2 aromatic rings. The highest BCUT2D eigenvalue weighted by atomic mass is 79.9. The second kappa shape index (κ2) is 5.06. The van der Waals surface area contributed by atoms with Crippen molar-refractivity contribution in [2.24, 2.45) is 0 Å². The Morgan fingerprint density at radius 1 is 1.39 bits per heavy atom. The van der Waals surface area contributed by atoms with Gasteiger partial charge in [-0.2, -0.15) is 8.78 Å². The van der Waals surface area contributed by atoms with Crippen molar-refractivity contribution < 1.29 is 13.6 Å². The van der Waals surface area contributed by atoms with Crippen molar-refractivity contribution in [3.05, 3.63) is 36.0 Å². The lowest BCUT2D eigenvalue weighted by molar-refractivity contribution is -0.134. The van der Waals surface area contributed by atoms with Gasteiger partial charge in [-0.25, -0.2) is 0 Å². The number of benzene rings is 1. The first-order valence-electron chi connectivity index (χ1n) is 5.38. The molecule has 1 heterocycles. The number of rotatable bonds is 4. The van der Waals surface area contributed by atoms with Gasteiger partial charge in [0.1, 0.15) is 0 Å². The van der Waals surface area contributed by atoms with Gasteiger partial charge >= 0.3 is 10.7 Å². The van der Waals surface area contributed by atoms with E-state index >= 15 is 0 Å². The Morgan fingerprint density at radius 2 is 2.11 bits per heavy atom. The summed E-state index contributed by atoms with van der Waals surface area (Å²) in [6, 6.07) is 7.70. The second-order valence-electron chi connectivity index (χ2n) is 3.86. The van der Waals surface area contributed by atoms with E-state index in [4.69, 9.17) is 0 Å². The maximum atomic E-state index is 12.5. The topological polar surface area (TPSA) is 44.9 Å². The van der Waals surface area contributed by atoms with Crippen molar-refractivity contribution in [2.45, 2.75) is 11.3 Å². The number of aromatic amines is 1. The van der Waals surface area contributed by atoms with Crippen LogP contribution in [0.4, 0.5) is 8.78 Å². The highest BCUT2D eigenvalue weighted by Crippen LogP contribution is 2.21. The van der Waals surface area contributed by atoms with Crippen molar-refractivity contribution in [2.75, 3.05) is 6.54 Å². The van der Waals surface area contributed by atoms with Crippen molar-refractivity contribution in [3.8, 4) is 0 Å². The Kier molecular flexibility index (Phi) is 3.65. The minimum atomic E-state index is -3.51. The van der Waals surface area contributed by atoms with Crippen LogP contribution in [0.2, 0.25) is 0 Å². The Hall–Kier alpha value is -1.43. The van der Waals surface area contributed by atoms with Gasteiger partial charge in [-0.3, -0.25) is 4.79 Å². The maximum absolute atomic E-state index is 12.5. The lowest BCUT2D eigenvalue weighted by Gasteiger charge is -2.08. The zero-order valence-corrected chi connectivity index (χ0v) is 10.9. The number of hydrogen-bond donors (Lipinski definition) is 2. The van der Waals surface area contributed by atoms with Gasteiger partial charge in [0.15, 0.2) is 0 Å². The molecule has 0 aliphatic carbocycles. The lowest BCUT2D eigenvalue weighted by atomic mass is 10.1. The van der Waals surface area contributed by atoms with E-state index in [0.29, 0.717) is 6.42 Å². The van der Waals surface area contributed by atoms with Crippen LogP contribution in [0, 0.1) is 0 Å². The summed E-state index contributed by atoms with van der Waals surface area (Å²) < 4.78 is 25.1. The summed E-state index contributed by atoms with van der Waals surface area (Å²) in [6.07, 6.45) is 2.32. The highest BCUT2D eigenvalue weighted by molar-refractivity contribution is 9.10. The zero-order chi connectivity index (χ0) is 13.2. The third-order valence-corrected chi connectivity index (χ3v) is 2.97. The van der Waals surface area contributed by atoms with Gasteiger partial charge in [-0.15, -0.1) is 0 Å². The standard InChI is InChI=1S/C12H11BrF2N2O/c13-12(14,15)11(18)16-6-5-8-7-17-10-4-2-1-3-9(8)10/h1-4,7,17H,5-6H2,(H,16,18). The Labute approximate surface area is 111 Å². The number of carbonyl (C=O) groups excluding carboxylic acids is 1. The van der Waals surface area contributed by atoms with Crippen LogP contribution >= 0.6 is 15.9 Å². The molecule has 0 saturated carbocycles. The van der Waals surface area contributed by atoms with E-state index in [1.807, 2.05) is 46.4 Å². The first-order valence-corrected chi connectivity index (χ1v) is 6.18. The molecule has 96 valence electrons. The average molecular weight is 317 g/mol. The van der Waals surface area contributed by atoms with E-state index in [-0.39, 0.29) is 6.54 Å². The van der Waals surface area contributed by atoms with Crippen LogP contribution < -0.4 is 5.32 Å². The van der Waals surface area contributed by atoms with Gasteiger partial charge in [0.05, 0.1) is 0 Å². The van der Waals surface area contributed by atoms with Crippen LogP contribution in [-0.4, -0.2) is 22.3 Å². The molecule has 2 N–H and O–H groups in total. The van der Waals surface area contributed by atoms with Gasteiger partial charge in [-0.1, -0.05) is 18.2 Å². The van der Waals surface area contributed by atoms with Crippen LogP contribution in [0.1, 0.15) is 5.56 Å². The number of H-pyrrole nitrogens is 1. The number of para-hydroxylation sites is 1. The molecule has 0 fully saturated rings. The van der Waals surface area contributed by atoms with Gasteiger partial charge in [0.2, 0.25) is 0 Å². The van der Waals surface area contributed by atoms with Crippen molar-refractivity contribution in [3.63, 3.8) is 0 Å². The summed E-state index contributed by atoms with van der Waals surface area (Å²) in [7, 11) is 0. The predicted molar refractivity (Wildman–Crippen MR) is 68.9 cm³/mol. The molecule has 1 amide bonds. The Morgan fingerprint density at radius 3 is 2.83 bits per heavy atom. The third kappa shape index (κ3) is 2.87. The normalized spacial score (nSPS) is 11.7. The van der Waals surface area contributed by atoms with E-state index in [9.17, 15) is 13.6 Å². The predicted octanol–water partition coefficient (Wildman–Crippen LogP) is 2.81. The number of halogens is 3. The fraction of sp³-hybridized carbons (Fsp3) is 0.250. The molecule has 0 bridgehead atoms. The van der Waals surface area contributed by atoms with Crippen molar-refractivity contribution in [1.29, 1.82) is 0 Å². The van der Waals surface area contributed by atoms with Crippen molar-refractivity contribution >= 4 is 32.7 Å². The van der Waals surface area contributed by atoms with Crippen LogP contribution in [0.5, 0.6) is 0 Å². The molecule has 1 aromatic heterocycles. The number of aromatic nitrogens is 1. The van der Waals surface area contributed by atoms with E-state index in [1.54, 1.807) is 0 Å². The summed E-state index contributed by atoms with van der Waals surface area (Å²) in [5.74, 6) is -1.32. The molecule has 0 saturated heterocycles. The molecule has 6 heteroatoms. The fourth-order valence-electron chi connectivity index (χ4n) is 1.75. The van der Waals surface area contributed by atoms with Gasteiger partial charge in [0, 0.05) is 39.6 Å².